The molecule has 2 N–H and O–H groups in total. The Morgan fingerprint density at radius 2 is 1.87 bits per heavy atom. The maximum Gasteiger partial charge on any atom is 0.253 e. The molecule has 0 spiro atoms. The molecule has 1 unspecified atom stereocenters. The van der Waals surface area contributed by atoms with Crippen molar-refractivity contribution >= 4 is 5.91 Å². The third kappa shape index (κ3) is 3.64. The highest BCUT2D eigenvalue weighted by Crippen LogP contribution is 2.21. The van der Waals surface area contributed by atoms with Gasteiger partial charge in [-0.1, -0.05) is 24.3 Å². The Kier molecular flexibility index (Phi) is 5.26. The molecule has 0 aliphatic heterocycles. The molecule has 2 aromatic rings. The zero-order valence-corrected chi connectivity index (χ0v) is 14.6. The number of rotatable bonds is 5. The lowest BCUT2D eigenvalue weighted by atomic mass is 10.0. The van der Waals surface area contributed by atoms with Gasteiger partial charge in [0.05, 0.1) is 11.7 Å². The van der Waals surface area contributed by atoms with Crippen LogP contribution in [0.15, 0.2) is 30.3 Å². The number of aromatic nitrogens is 1. The third-order valence-corrected chi connectivity index (χ3v) is 4.25. The van der Waals surface area contributed by atoms with Gasteiger partial charge in [-0.15, -0.1) is 0 Å². The minimum atomic E-state index is -0.700. The van der Waals surface area contributed by atoms with Crippen molar-refractivity contribution in [2.24, 2.45) is 0 Å². The summed E-state index contributed by atoms with van der Waals surface area (Å²) in [4.78, 5) is 12.4. The lowest BCUT2D eigenvalue weighted by Gasteiger charge is -2.15. The summed E-state index contributed by atoms with van der Waals surface area (Å²) in [6, 6.07) is 9.89. The molecule has 0 saturated carbocycles. The van der Waals surface area contributed by atoms with Gasteiger partial charge in [0.2, 0.25) is 0 Å². The van der Waals surface area contributed by atoms with Crippen molar-refractivity contribution in [2.45, 2.75) is 46.8 Å². The SMILES string of the molecule is Cc1ccccc1C(O)CNC(=O)c1cc(C)n(C(C)C)c1C. The molecule has 0 fully saturated rings. The number of carbonyl (C=O) groups excluding carboxylic acids is 1. The van der Waals surface area contributed by atoms with Crippen LogP contribution in [0.25, 0.3) is 0 Å². The summed E-state index contributed by atoms with van der Waals surface area (Å²) >= 11 is 0. The number of aliphatic hydroxyl groups is 1. The van der Waals surface area contributed by atoms with E-state index >= 15 is 0 Å². The average Bonchev–Trinajstić information content (AvgIpc) is 2.80. The summed E-state index contributed by atoms with van der Waals surface area (Å²) in [5.74, 6) is -0.141. The number of benzene rings is 1. The van der Waals surface area contributed by atoms with E-state index in [-0.39, 0.29) is 12.5 Å². The van der Waals surface area contributed by atoms with Crippen LogP contribution in [-0.2, 0) is 0 Å². The zero-order valence-electron chi connectivity index (χ0n) is 14.6. The molecular formula is C19H26N2O2. The molecule has 1 aromatic carbocycles. The minimum absolute atomic E-state index is 0.141. The van der Waals surface area contributed by atoms with Crippen LogP contribution in [0, 0.1) is 20.8 Å². The van der Waals surface area contributed by atoms with Crippen LogP contribution in [0.2, 0.25) is 0 Å². The second kappa shape index (κ2) is 7.01. The van der Waals surface area contributed by atoms with E-state index in [0.717, 1.165) is 22.5 Å². The predicted octanol–water partition coefficient (Wildman–Crippen LogP) is 3.46. The molecule has 1 heterocycles. The van der Waals surface area contributed by atoms with E-state index in [9.17, 15) is 9.90 Å². The number of hydrogen-bond donors (Lipinski definition) is 2. The summed E-state index contributed by atoms with van der Waals surface area (Å²) in [7, 11) is 0. The Hall–Kier alpha value is -2.07. The summed E-state index contributed by atoms with van der Waals surface area (Å²) in [5.41, 5.74) is 4.57. The van der Waals surface area contributed by atoms with Crippen molar-refractivity contribution in [3.8, 4) is 0 Å². The Labute approximate surface area is 138 Å². The number of aliphatic hydroxyl groups excluding tert-OH is 1. The van der Waals surface area contributed by atoms with Crippen molar-refractivity contribution in [1.29, 1.82) is 0 Å². The van der Waals surface area contributed by atoms with E-state index in [4.69, 9.17) is 0 Å². The number of amides is 1. The van der Waals surface area contributed by atoms with Gasteiger partial charge < -0.3 is 15.0 Å². The number of nitrogens with zero attached hydrogens (tertiary/aromatic N) is 1. The van der Waals surface area contributed by atoms with Crippen LogP contribution < -0.4 is 5.32 Å². The zero-order chi connectivity index (χ0) is 17.1. The Morgan fingerprint density at radius 3 is 2.43 bits per heavy atom. The fourth-order valence-corrected chi connectivity index (χ4v) is 3.16. The van der Waals surface area contributed by atoms with Crippen LogP contribution >= 0.6 is 0 Å². The van der Waals surface area contributed by atoms with E-state index in [2.05, 4.69) is 23.7 Å². The molecule has 23 heavy (non-hydrogen) atoms. The molecule has 1 aromatic heterocycles. The molecule has 4 heteroatoms. The van der Waals surface area contributed by atoms with Gasteiger partial charge in [-0.25, -0.2) is 0 Å². The smallest absolute Gasteiger partial charge is 0.253 e. The first-order valence-corrected chi connectivity index (χ1v) is 8.03. The lowest BCUT2D eigenvalue weighted by molar-refractivity contribution is 0.0915. The molecule has 0 saturated heterocycles. The highest BCUT2D eigenvalue weighted by molar-refractivity contribution is 5.95. The van der Waals surface area contributed by atoms with Crippen LogP contribution in [0.1, 0.15) is 58.9 Å². The second-order valence-corrected chi connectivity index (χ2v) is 6.33. The molecule has 4 nitrogen and oxygen atoms in total. The molecule has 2 rings (SSSR count). The summed E-state index contributed by atoms with van der Waals surface area (Å²) < 4.78 is 2.15. The molecule has 0 bridgehead atoms. The van der Waals surface area contributed by atoms with E-state index in [1.54, 1.807) is 0 Å². The first-order valence-electron chi connectivity index (χ1n) is 8.03. The largest absolute Gasteiger partial charge is 0.387 e. The number of carbonyl (C=O) groups is 1. The summed E-state index contributed by atoms with van der Waals surface area (Å²) in [6.07, 6.45) is -0.700. The quantitative estimate of drug-likeness (QED) is 0.888. The Balaban J connectivity index is 2.09. The van der Waals surface area contributed by atoms with Crippen molar-refractivity contribution in [3.63, 3.8) is 0 Å². The predicted molar refractivity (Wildman–Crippen MR) is 92.8 cm³/mol. The lowest BCUT2D eigenvalue weighted by Crippen LogP contribution is -2.29. The molecule has 0 radical (unpaired) electrons. The van der Waals surface area contributed by atoms with Crippen molar-refractivity contribution < 1.29 is 9.90 Å². The fourth-order valence-electron chi connectivity index (χ4n) is 3.16. The highest BCUT2D eigenvalue weighted by Gasteiger charge is 2.18. The third-order valence-electron chi connectivity index (χ3n) is 4.25. The van der Waals surface area contributed by atoms with Crippen LogP contribution in [-0.4, -0.2) is 22.1 Å². The van der Waals surface area contributed by atoms with E-state index in [1.165, 1.54) is 0 Å². The van der Waals surface area contributed by atoms with Gasteiger partial charge in [0.15, 0.2) is 0 Å². The van der Waals surface area contributed by atoms with Crippen molar-refractivity contribution in [2.75, 3.05) is 6.54 Å². The molecule has 0 aliphatic rings. The molecular weight excluding hydrogens is 288 g/mol. The first-order chi connectivity index (χ1) is 10.8. The fraction of sp³-hybridized carbons (Fsp3) is 0.421. The summed E-state index contributed by atoms with van der Waals surface area (Å²) in [6.45, 7) is 10.3. The average molecular weight is 314 g/mol. The van der Waals surface area contributed by atoms with E-state index in [0.29, 0.717) is 11.6 Å². The van der Waals surface area contributed by atoms with Gasteiger partial charge >= 0.3 is 0 Å². The topological polar surface area (TPSA) is 54.3 Å². The minimum Gasteiger partial charge on any atom is -0.387 e. The van der Waals surface area contributed by atoms with Gasteiger partial charge in [-0.3, -0.25) is 4.79 Å². The number of nitrogens with one attached hydrogen (secondary N) is 1. The van der Waals surface area contributed by atoms with Crippen molar-refractivity contribution in [1.82, 2.24) is 9.88 Å². The van der Waals surface area contributed by atoms with Gasteiger partial charge in [-0.05, 0) is 51.8 Å². The van der Waals surface area contributed by atoms with Gasteiger partial charge in [0.1, 0.15) is 0 Å². The Morgan fingerprint density at radius 1 is 1.22 bits per heavy atom. The van der Waals surface area contributed by atoms with Crippen LogP contribution in [0.5, 0.6) is 0 Å². The molecule has 0 aliphatic carbocycles. The number of hydrogen-bond acceptors (Lipinski definition) is 2. The van der Waals surface area contributed by atoms with Crippen molar-refractivity contribution in [3.05, 3.63) is 58.4 Å². The van der Waals surface area contributed by atoms with E-state index < -0.39 is 6.10 Å². The molecule has 1 amide bonds. The monoisotopic (exact) mass is 314 g/mol. The maximum absolute atomic E-state index is 12.4. The van der Waals surface area contributed by atoms with Gasteiger partial charge in [0.25, 0.3) is 5.91 Å². The van der Waals surface area contributed by atoms with Gasteiger partial charge in [-0.2, -0.15) is 0 Å². The first kappa shape index (κ1) is 17.3. The highest BCUT2D eigenvalue weighted by atomic mass is 16.3. The van der Waals surface area contributed by atoms with Gasteiger partial charge in [0, 0.05) is 24.0 Å². The maximum atomic E-state index is 12.4. The van der Waals surface area contributed by atoms with Crippen LogP contribution in [0.4, 0.5) is 0 Å². The second-order valence-electron chi connectivity index (χ2n) is 6.33. The number of aryl methyl sites for hydroxylation is 2. The van der Waals surface area contributed by atoms with Crippen LogP contribution in [0.3, 0.4) is 0 Å². The molecule has 124 valence electrons. The molecule has 1 atom stereocenters. The normalized spacial score (nSPS) is 12.5. The van der Waals surface area contributed by atoms with E-state index in [1.807, 2.05) is 51.1 Å². The summed E-state index contributed by atoms with van der Waals surface area (Å²) in [5, 5.41) is 13.1. The Bertz CT molecular complexity index is 701. The standard InChI is InChI=1S/C19H26N2O2/c1-12(2)21-14(4)10-17(15(21)5)19(23)20-11-18(22)16-9-7-6-8-13(16)3/h6-10,12,18,22H,11H2,1-5H3,(H,20,23).